The monoisotopic (exact) mass is 392 g/mol. The first-order valence-corrected chi connectivity index (χ1v) is 8.93. The van der Waals surface area contributed by atoms with Gasteiger partial charge < -0.3 is 19.9 Å². The zero-order valence-electron chi connectivity index (χ0n) is 16.9. The molecule has 0 fully saturated rings. The van der Waals surface area contributed by atoms with E-state index in [1.807, 2.05) is 19.2 Å². The highest BCUT2D eigenvalue weighted by atomic mass is 16.5. The predicted molar refractivity (Wildman–Crippen MR) is 105 cm³/mol. The first-order chi connectivity index (χ1) is 13.1. The van der Waals surface area contributed by atoms with Crippen LogP contribution in [0.25, 0.3) is 6.08 Å². The van der Waals surface area contributed by atoms with E-state index >= 15 is 0 Å². The number of urea groups is 1. The summed E-state index contributed by atoms with van der Waals surface area (Å²) in [6, 6.07) is 4.23. The van der Waals surface area contributed by atoms with Gasteiger partial charge in [-0.3, -0.25) is 10.1 Å². The number of primary amides is 1. The van der Waals surface area contributed by atoms with Crippen LogP contribution in [-0.4, -0.2) is 37.7 Å². The molecule has 0 aliphatic carbocycles. The van der Waals surface area contributed by atoms with Gasteiger partial charge in [-0.05, 0) is 35.6 Å². The van der Waals surface area contributed by atoms with E-state index in [-0.39, 0.29) is 5.92 Å². The number of ether oxygens (including phenoxy) is 3. The summed E-state index contributed by atoms with van der Waals surface area (Å²) in [5, 5.41) is 1.91. The number of amides is 3. The molecule has 1 aromatic rings. The zero-order valence-corrected chi connectivity index (χ0v) is 16.9. The van der Waals surface area contributed by atoms with Crippen molar-refractivity contribution in [1.29, 1.82) is 0 Å². The lowest BCUT2D eigenvalue weighted by Crippen LogP contribution is -2.45. The van der Waals surface area contributed by atoms with Gasteiger partial charge >= 0.3 is 12.0 Å². The first kappa shape index (κ1) is 23.0. The maximum absolute atomic E-state index is 12.1. The van der Waals surface area contributed by atoms with Crippen LogP contribution in [-0.2, 0) is 14.3 Å². The molecule has 0 saturated heterocycles. The average molecular weight is 392 g/mol. The molecular weight excluding hydrogens is 364 g/mol. The molecule has 1 rings (SSSR count). The Morgan fingerprint density at radius 3 is 2.36 bits per heavy atom. The lowest BCUT2D eigenvalue weighted by Gasteiger charge is -2.18. The second kappa shape index (κ2) is 11.0. The van der Waals surface area contributed by atoms with Gasteiger partial charge in [0.2, 0.25) is 0 Å². The fourth-order valence-electron chi connectivity index (χ4n) is 2.18. The number of nitrogens with two attached hydrogens (primary N) is 1. The Balaban J connectivity index is 2.82. The number of nitrogens with one attached hydrogen (secondary N) is 1. The fraction of sp³-hybridized carbons (Fsp3) is 0.450. The smallest absolute Gasteiger partial charge is 0.331 e. The Morgan fingerprint density at radius 1 is 1.14 bits per heavy atom. The van der Waals surface area contributed by atoms with E-state index in [1.165, 1.54) is 19.3 Å². The van der Waals surface area contributed by atoms with Gasteiger partial charge in [0.1, 0.15) is 0 Å². The SMILES string of the molecule is COc1cc(/C=C/C(=O)O[C@H](C(=O)NC(N)=O)C(C)C)ccc1OCC(C)C. The minimum absolute atomic E-state index is 0.339. The lowest BCUT2D eigenvalue weighted by molar-refractivity contribution is -0.153. The van der Waals surface area contributed by atoms with Crippen LogP contribution in [0.5, 0.6) is 11.5 Å². The summed E-state index contributed by atoms with van der Waals surface area (Å²) in [6.45, 7) is 8.01. The van der Waals surface area contributed by atoms with Crippen LogP contribution in [0.2, 0.25) is 0 Å². The number of carbonyl (C=O) groups is 3. The van der Waals surface area contributed by atoms with E-state index in [0.29, 0.717) is 29.6 Å². The number of esters is 1. The van der Waals surface area contributed by atoms with Crippen molar-refractivity contribution in [3.8, 4) is 11.5 Å². The average Bonchev–Trinajstić information content (AvgIpc) is 2.61. The first-order valence-electron chi connectivity index (χ1n) is 8.93. The number of methoxy groups -OCH3 is 1. The zero-order chi connectivity index (χ0) is 21.3. The topological polar surface area (TPSA) is 117 Å². The van der Waals surface area contributed by atoms with Crippen LogP contribution in [0.1, 0.15) is 33.3 Å². The number of carbonyl (C=O) groups excluding carboxylic acids is 3. The molecule has 0 heterocycles. The number of benzene rings is 1. The molecule has 28 heavy (non-hydrogen) atoms. The third kappa shape index (κ3) is 7.69. The van der Waals surface area contributed by atoms with Crippen molar-refractivity contribution in [2.24, 2.45) is 17.6 Å². The van der Waals surface area contributed by atoms with Crippen LogP contribution in [0.3, 0.4) is 0 Å². The molecule has 0 unspecified atom stereocenters. The molecule has 8 nitrogen and oxygen atoms in total. The molecule has 0 aromatic heterocycles. The molecule has 1 aromatic carbocycles. The number of hydrogen-bond donors (Lipinski definition) is 2. The second-order valence-corrected chi connectivity index (χ2v) is 6.90. The fourth-order valence-corrected chi connectivity index (χ4v) is 2.18. The number of imide groups is 1. The molecule has 154 valence electrons. The second-order valence-electron chi connectivity index (χ2n) is 6.90. The molecule has 0 aliphatic rings. The number of rotatable bonds is 9. The Bertz CT molecular complexity index is 727. The van der Waals surface area contributed by atoms with E-state index < -0.39 is 24.0 Å². The van der Waals surface area contributed by atoms with Crippen molar-refractivity contribution < 1.29 is 28.6 Å². The minimum Gasteiger partial charge on any atom is -0.493 e. The Kier molecular flexibility index (Phi) is 9.01. The molecule has 0 saturated carbocycles. The predicted octanol–water partition coefficient (Wildman–Crippen LogP) is 2.51. The quantitative estimate of drug-likeness (QED) is 0.493. The molecule has 8 heteroatoms. The standard InChI is InChI=1S/C20H28N2O6/c1-12(2)11-27-15-8-6-14(10-16(15)26-5)7-9-17(23)28-18(13(3)4)19(24)22-20(21)25/h6-10,12-13,18H,11H2,1-5H3,(H3,21,22,24,25)/b9-7+/t18-/m0/s1. The minimum atomic E-state index is -1.13. The van der Waals surface area contributed by atoms with Gasteiger partial charge in [0.25, 0.3) is 5.91 Å². The maximum Gasteiger partial charge on any atom is 0.331 e. The Hall–Kier alpha value is -3.03. The third-order valence-electron chi connectivity index (χ3n) is 3.53. The summed E-state index contributed by atoms with van der Waals surface area (Å²) < 4.78 is 16.1. The van der Waals surface area contributed by atoms with E-state index in [0.717, 1.165) is 0 Å². The highest BCUT2D eigenvalue weighted by Gasteiger charge is 2.26. The molecule has 0 bridgehead atoms. The van der Waals surface area contributed by atoms with Crippen LogP contribution < -0.4 is 20.5 Å². The van der Waals surface area contributed by atoms with Crippen LogP contribution in [0.4, 0.5) is 4.79 Å². The van der Waals surface area contributed by atoms with E-state index in [9.17, 15) is 14.4 Å². The highest BCUT2D eigenvalue weighted by Crippen LogP contribution is 2.29. The Morgan fingerprint density at radius 2 is 1.82 bits per heavy atom. The lowest BCUT2D eigenvalue weighted by atomic mass is 10.1. The van der Waals surface area contributed by atoms with Gasteiger partial charge in [0.05, 0.1) is 13.7 Å². The van der Waals surface area contributed by atoms with Crippen LogP contribution in [0, 0.1) is 11.8 Å². The third-order valence-corrected chi connectivity index (χ3v) is 3.53. The van der Waals surface area contributed by atoms with Crippen molar-refractivity contribution in [3.63, 3.8) is 0 Å². The number of hydrogen-bond acceptors (Lipinski definition) is 6. The van der Waals surface area contributed by atoms with Crippen LogP contribution >= 0.6 is 0 Å². The summed E-state index contributed by atoms with van der Waals surface area (Å²) in [4.78, 5) is 34.8. The largest absolute Gasteiger partial charge is 0.493 e. The summed E-state index contributed by atoms with van der Waals surface area (Å²) in [6.07, 6.45) is 1.59. The van der Waals surface area contributed by atoms with E-state index in [1.54, 1.807) is 32.0 Å². The van der Waals surface area contributed by atoms with Crippen molar-refractivity contribution in [3.05, 3.63) is 29.8 Å². The molecule has 0 aliphatic heterocycles. The maximum atomic E-state index is 12.1. The van der Waals surface area contributed by atoms with Crippen molar-refractivity contribution in [2.45, 2.75) is 33.8 Å². The van der Waals surface area contributed by atoms with Gasteiger partial charge in [0, 0.05) is 6.08 Å². The molecule has 1 atom stereocenters. The van der Waals surface area contributed by atoms with Crippen LogP contribution in [0.15, 0.2) is 24.3 Å². The van der Waals surface area contributed by atoms with Crippen molar-refractivity contribution in [1.82, 2.24) is 5.32 Å². The molecular formula is C20H28N2O6. The van der Waals surface area contributed by atoms with E-state index in [4.69, 9.17) is 19.9 Å². The summed E-state index contributed by atoms with van der Waals surface area (Å²) in [5.41, 5.74) is 5.62. The van der Waals surface area contributed by atoms with Crippen molar-refractivity contribution in [2.75, 3.05) is 13.7 Å². The Labute approximate surface area is 165 Å². The van der Waals surface area contributed by atoms with Gasteiger partial charge in [-0.15, -0.1) is 0 Å². The van der Waals surface area contributed by atoms with Gasteiger partial charge in [-0.2, -0.15) is 0 Å². The van der Waals surface area contributed by atoms with Gasteiger partial charge in [-0.25, -0.2) is 9.59 Å². The summed E-state index contributed by atoms with van der Waals surface area (Å²) in [5.74, 6) is -0.306. The molecule has 3 amide bonds. The molecule has 3 N–H and O–H groups in total. The normalized spacial score (nSPS) is 12.1. The van der Waals surface area contributed by atoms with Gasteiger partial charge in [0.15, 0.2) is 17.6 Å². The molecule has 0 radical (unpaired) electrons. The van der Waals surface area contributed by atoms with E-state index in [2.05, 4.69) is 0 Å². The van der Waals surface area contributed by atoms with Gasteiger partial charge in [-0.1, -0.05) is 33.8 Å². The summed E-state index contributed by atoms with van der Waals surface area (Å²) >= 11 is 0. The molecule has 0 spiro atoms. The highest BCUT2D eigenvalue weighted by molar-refractivity contribution is 5.97. The summed E-state index contributed by atoms with van der Waals surface area (Å²) in [7, 11) is 1.53. The van der Waals surface area contributed by atoms with Crippen molar-refractivity contribution >= 4 is 24.0 Å².